The lowest BCUT2D eigenvalue weighted by atomic mass is 10.0. The van der Waals surface area contributed by atoms with Crippen LogP contribution in [0.2, 0.25) is 0 Å². The lowest BCUT2D eigenvalue weighted by molar-refractivity contribution is -0.140. The molecule has 0 fully saturated rings. The molecule has 2 amide bonds. The van der Waals surface area contributed by atoms with Gasteiger partial charge in [-0.15, -0.1) is 0 Å². The number of benzene rings is 3. The van der Waals surface area contributed by atoms with Crippen molar-refractivity contribution in [1.82, 2.24) is 10.2 Å². The van der Waals surface area contributed by atoms with Crippen molar-refractivity contribution >= 4 is 27.5 Å². The minimum absolute atomic E-state index is 0.173. The Morgan fingerprint density at radius 3 is 2.23 bits per heavy atom. The number of sulfonamides is 1. The number of aryl methyl sites for hydroxylation is 2. The zero-order valence-corrected chi connectivity index (χ0v) is 24.8. The van der Waals surface area contributed by atoms with E-state index >= 15 is 0 Å². The highest BCUT2D eigenvalue weighted by molar-refractivity contribution is 7.92. The molecule has 3 rings (SSSR count). The highest BCUT2D eigenvalue weighted by Gasteiger charge is 2.33. The molecule has 8 heteroatoms. The van der Waals surface area contributed by atoms with Gasteiger partial charge < -0.3 is 10.2 Å². The molecule has 1 N–H and O–H groups in total. The summed E-state index contributed by atoms with van der Waals surface area (Å²) in [7, 11) is -3.80. The van der Waals surface area contributed by atoms with Gasteiger partial charge in [0.15, 0.2) is 0 Å². The minimum Gasteiger partial charge on any atom is -0.354 e. The molecule has 40 heavy (non-hydrogen) atoms. The summed E-state index contributed by atoms with van der Waals surface area (Å²) in [6.07, 6.45) is 3.78. The van der Waals surface area contributed by atoms with Gasteiger partial charge in [0.25, 0.3) is 0 Å². The van der Waals surface area contributed by atoms with E-state index in [0.29, 0.717) is 25.1 Å². The van der Waals surface area contributed by atoms with Crippen LogP contribution in [-0.4, -0.2) is 50.5 Å². The van der Waals surface area contributed by atoms with E-state index in [4.69, 9.17) is 0 Å². The number of amides is 2. The van der Waals surface area contributed by atoms with Crippen LogP contribution in [0.1, 0.15) is 48.9 Å². The third-order valence-corrected chi connectivity index (χ3v) is 7.98. The van der Waals surface area contributed by atoms with Gasteiger partial charge in [-0.25, -0.2) is 8.42 Å². The van der Waals surface area contributed by atoms with Crippen molar-refractivity contribution in [3.8, 4) is 0 Å². The average Bonchev–Trinajstić information content (AvgIpc) is 2.93. The summed E-state index contributed by atoms with van der Waals surface area (Å²) in [5.41, 5.74) is 4.11. The summed E-state index contributed by atoms with van der Waals surface area (Å²) in [5.74, 6) is -0.692. The number of nitrogens with one attached hydrogen (secondary N) is 1. The number of carbonyl (C=O) groups excluding carboxylic acids is 2. The molecule has 7 nitrogen and oxygen atoms in total. The molecular formula is C32H41N3O4S. The summed E-state index contributed by atoms with van der Waals surface area (Å²) in [6.45, 7) is 6.24. The highest BCUT2D eigenvalue weighted by Crippen LogP contribution is 2.24. The van der Waals surface area contributed by atoms with Gasteiger partial charge in [0, 0.05) is 19.5 Å². The van der Waals surface area contributed by atoms with Crippen LogP contribution in [0, 0.1) is 6.92 Å². The molecule has 0 heterocycles. The molecule has 0 saturated carbocycles. The second-order valence-electron chi connectivity index (χ2n) is 10.1. The zero-order valence-electron chi connectivity index (χ0n) is 24.0. The van der Waals surface area contributed by atoms with Gasteiger partial charge >= 0.3 is 0 Å². The second kappa shape index (κ2) is 14.7. The highest BCUT2D eigenvalue weighted by atomic mass is 32.2. The van der Waals surface area contributed by atoms with Gasteiger partial charge in [-0.2, -0.15) is 0 Å². The molecule has 0 radical (unpaired) electrons. The number of rotatable bonds is 14. The lowest BCUT2D eigenvalue weighted by Crippen LogP contribution is -2.53. The van der Waals surface area contributed by atoms with E-state index in [-0.39, 0.29) is 12.5 Å². The van der Waals surface area contributed by atoms with Gasteiger partial charge in [0.1, 0.15) is 12.6 Å². The van der Waals surface area contributed by atoms with Crippen molar-refractivity contribution in [3.05, 3.63) is 101 Å². The number of anilines is 1. The summed E-state index contributed by atoms with van der Waals surface area (Å²) in [6, 6.07) is 23.7. The monoisotopic (exact) mass is 563 g/mol. The first kappa shape index (κ1) is 30.9. The molecule has 0 unspecified atom stereocenters. The van der Waals surface area contributed by atoms with Crippen LogP contribution in [0.25, 0.3) is 0 Å². The van der Waals surface area contributed by atoms with E-state index in [1.54, 1.807) is 12.1 Å². The van der Waals surface area contributed by atoms with E-state index < -0.39 is 28.5 Å². The number of hydrogen-bond donors (Lipinski definition) is 1. The van der Waals surface area contributed by atoms with Gasteiger partial charge in [-0.3, -0.25) is 13.9 Å². The average molecular weight is 564 g/mol. The Morgan fingerprint density at radius 2 is 1.57 bits per heavy atom. The fourth-order valence-electron chi connectivity index (χ4n) is 4.72. The molecule has 0 saturated heterocycles. The minimum atomic E-state index is -3.80. The maximum Gasteiger partial charge on any atom is 0.244 e. The second-order valence-corrected chi connectivity index (χ2v) is 12.0. The zero-order chi connectivity index (χ0) is 29.1. The van der Waals surface area contributed by atoms with Crippen LogP contribution in [-0.2, 0) is 39.0 Å². The van der Waals surface area contributed by atoms with Gasteiger partial charge in [0.2, 0.25) is 21.8 Å². The Labute approximate surface area is 239 Å². The van der Waals surface area contributed by atoms with Crippen LogP contribution in [0.4, 0.5) is 5.69 Å². The number of unbranched alkanes of at least 4 members (excludes halogenated alkanes) is 1. The Hall–Kier alpha value is -3.65. The molecule has 0 aliphatic carbocycles. The maximum absolute atomic E-state index is 14.2. The predicted molar refractivity (Wildman–Crippen MR) is 162 cm³/mol. The third-order valence-electron chi connectivity index (χ3n) is 6.86. The SMILES string of the molecule is CCCCNC(=O)[C@@H](Cc1ccccc1)N(Cc1cccc(C)c1)C(=O)CN(c1ccccc1CC)S(C)(=O)=O. The lowest BCUT2D eigenvalue weighted by Gasteiger charge is -2.34. The molecule has 0 spiro atoms. The molecule has 1 atom stereocenters. The Kier molecular flexibility index (Phi) is 11.3. The van der Waals surface area contributed by atoms with Crippen molar-refractivity contribution < 1.29 is 18.0 Å². The van der Waals surface area contributed by atoms with Gasteiger partial charge in [-0.1, -0.05) is 98.6 Å². The van der Waals surface area contributed by atoms with Crippen molar-refractivity contribution in [2.75, 3.05) is 23.7 Å². The molecule has 214 valence electrons. The molecule has 0 aromatic heterocycles. The number of carbonyl (C=O) groups is 2. The Morgan fingerprint density at radius 1 is 0.900 bits per heavy atom. The fourth-order valence-corrected chi connectivity index (χ4v) is 5.60. The molecule has 3 aromatic rings. The van der Waals surface area contributed by atoms with Crippen LogP contribution >= 0.6 is 0 Å². The molecule has 0 aliphatic rings. The summed E-state index contributed by atoms with van der Waals surface area (Å²) < 4.78 is 27.2. The molecule has 3 aromatic carbocycles. The van der Waals surface area contributed by atoms with Crippen LogP contribution in [0.5, 0.6) is 0 Å². The van der Waals surface area contributed by atoms with E-state index in [1.165, 1.54) is 4.90 Å². The van der Waals surface area contributed by atoms with E-state index in [2.05, 4.69) is 12.2 Å². The number of hydrogen-bond acceptors (Lipinski definition) is 4. The van der Waals surface area contributed by atoms with Crippen molar-refractivity contribution in [3.63, 3.8) is 0 Å². The topological polar surface area (TPSA) is 86.8 Å². The third kappa shape index (κ3) is 8.68. The quantitative estimate of drug-likeness (QED) is 0.283. The van der Waals surface area contributed by atoms with Crippen molar-refractivity contribution in [1.29, 1.82) is 0 Å². The maximum atomic E-state index is 14.2. The van der Waals surface area contributed by atoms with Crippen molar-refractivity contribution in [2.24, 2.45) is 0 Å². The summed E-state index contributed by atoms with van der Waals surface area (Å²) >= 11 is 0. The molecule has 0 aliphatic heterocycles. The first-order valence-electron chi connectivity index (χ1n) is 13.9. The first-order valence-corrected chi connectivity index (χ1v) is 15.7. The van der Waals surface area contributed by atoms with E-state index in [9.17, 15) is 18.0 Å². The number of para-hydroxylation sites is 1. The number of nitrogens with zero attached hydrogens (tertiary/aromatic N) is 2. The van der Waals surface area contributed by atoms with Crippen molar-refractivity contribution in [2.45, 2.75) is 59.0 Å². The van der Waals surface area contributed by atoms with Gasteiger partial charge in [-0.05, 0) is 42.5 Å². The molecule has 0 bridgehead atoms. The largest absolute Gasteiger partial charge is 0.354 e. The molecular weight excluding hydrogens is 522 g/mol. The fraction of sp³-hybridized carbons (Fsp3) is 0.375. The standard InChI is InChI=1S/C32H41N3O4S/c1-5-7-20-33-32(37)30(22-26-15-9-8-10-16-26)34(23-27-17-13-14-25(3)21-27)31(36)24-35(40(4,38)39)29-19-12-11-18-28(29)6-2/h8-19,21,30H,5-7,20,22-24H2,1-4H3,(H,33,37)/t30-/m1/s1. The normalized spacial score (nSPS) is 12.0. The van der Waals surface area contributed by atoms with Crippen LogP contribution < -0.4 is 9.62 Å². The summed E-state index contributed by atoms with van der Waals surface area (Å²) in [5, 5.41) is 3.01. The summed E-state index contributed by atoms with van der Waals surface area (Å²) in [4.78, 5) is 29.3. The predicted octanol–water partition coefficient (Wildman–Crippen LogP) is 4.88. The van der Waals surface area contributed by atoms with E-state index in [1.807, 2.05) is 80.6 Å². The van der Waals surface area contributed by atoms with Crippen LogP contribution in [0.15, 0.2) is 78.9 Å². The Balaban J connectivity index is 2.05. The first-order chi connectivity index (χ1) is 19.1. The van der Waals surface area contributed by atoms with E-state index in [0.717, 1.165) is 45.7 Å². The Bertz CT molecular complexity index is 1380. The smallest absolute Gasteiger partial charge is 0.244 e. The van der Waals surface area contributed by atoms with Crippen LogP contribution in [0.3, 0.4) is 0 Å². The van der Waals surface area contributed by atoms with Gasteiger partial charge in [0.05, 0.1) is 11.9 Å².